The molecule has 5 heteroatoms. The molecular formula is C15H22N2O3. The average molecular weight is 278 g/mol. The quantitative estimate of drug-likeness (QED) is 0.748. The summed E-state index contributed by atoms with van der Waals surface area (Å²) in [5.74, 6) is -0.863. The van der Waals surface area contributed by atoms with Crippen LogP contribution in [-0.4, -0.2) is 22.6 Å². The second-order valence-electron chi connectivity index (χ2n) is 5.51. The maximum absolute atomic E-state index is 11.9. The van der Waals surface area contributed by atoms with E-state index in [9.17, 15) is 9.59 Å². The first-order valence-corrected chi connectivity index (χ1v) is 6.65. The Labute approximate surface area is 119 Å². The van der Waals surface area contributed by atoms with Crippen molar-refractivity contribution in [2.75, 3.05) is 0 Å². The molecule has 1 aromatic carbocycles. The molecular weight excluding hydrogens is 256 g/mol. The van der Waals surface area contributed by atoms with Crippen LogP contribution in [0.2, 0.25) is 0 Å². The van der Waals surface area contributed by atoms with Crippen LogP contribution in [0.3, 0.4) is 0 Å². The van der Waals surface area contributed by atoms with Gasteiger partial charge in [-0.15, -0.1) is 0 Å². The Morgan fingerprint density at radius 2 is 1.85 bits per heavy atom. The summed E-state index contributed by atoms with van der Waals surface area (Å²) in [5.41, 5.74) is 0.463. The Kier molecular flexibility index (Phi) is 5.55. The average Bonchev–Trinajstić information content (AvgIpc) is 2.37. The lowest BCUT2D eigenvalue weighted by Gasteiger charge is -2.27. The van der Waals surface area contributed by atoms with Gasteiger partial charge in [-0.05, 0) is 32.8 Å². The maximum Gasteiger partial charge on any atom is 0.315 e. The lowest BCUT2D eigenvalue weighted by atomic mass is 9.99. The van der Waals surface area contributed by atoms with Gasteiger partial charge in [-0.3, -0.25) is 4.79 Å². The summed E-state index contributed by atoms with van der Waals surface area (Å²) in [4.78, 5) is 22.5. The summed E-state index contributed by atoms with van der Waals surface area (Å²) in [6.07, 6.45) is 0.414. The number of urea groups is 1. The van der Waals surface area contributed by atoms with Crippen molar-refractivity contribution in [2.45, 2.75) is 45.2 Å². The van der Waals surface area contributed by atoms with E-state index in [1.807, 2.05) is 51.1 Å². The zero-order valence-electron chi connectivity index (χ0n) is 12.1. The highest BCUT2D eigenvalue weighted by Gasteiger charge is 2.22. The standard InChI is InChI=1S/C15H22N2O3/c1-11(12-7-5-4-6-8-12)16-14(20)17-15(2,3)10-9-13(18)19/h4-8,11H,9-10H2,1-3H3,(H,18,19)(H2,16,17,20). The van der Waals surface area contributed by atoms with Crippen molar-refractivity contribution in [1.29, 1.82) is 0 Å². The maximum atomic E-state index is 11.9. The van der Waals surface area contributed by atoms with E-state index in [1.165, 1.54) is 0 Å². The van der Waals surface area contributed by atoms with Crippen LogP contribution in [0, 0.1) is 0 Å². The van der Waals surface area contributed by atoms with Gasteiger partial charge in [-0.1, -0.05) is 30.3 Å². The summed E-state index contributed by atoms with van der Waals surface area (Å²) in [5, 5.41) is 14.3. The zero-order valence-corrected chi connectivity index (χ0v) is 12.1. The van der Waals surface area contributed by atoms with Crippen molar-refractivity contribution in [2.24, 2.45) is 0 Å². The molecule has 1 unspecified atom stereocenters. The third-order valence-electron chi connectivity index (χ3n) is 3.06. The van der Waals surface area contributed by atoms with Gasteiger partial charge in [0.25, 0.3) is 0 Å². The van der Waals surface area contributed by atoms with Gasteiger partial charge in [-0.25, -0.2) is 4.79 Å². The SMILES string of the molecule is CC(NC(=O)NC(C)(C)CCC(=O)O)c1ccccc1. The molecule has 0 radical (unpaired) electrons. The largest absolute Gasteiger partial charge is 0.481 e. The molecule has 1 aromatic rings. The fourth-order valence-corrected chi connectivity index (χ4v) is 1.85. The molecule has 110 valence electrons. The monoisotopic (exact) mass is 278 g/mol. The molecule has 0 heterocycles. The minimum Gasteiger partial charge on any atom is -0.481 e. The Bertz CT molecular complexity index is 457. The Hall–Kier alpha value is -2.04. The number of aliphatic carboxylic acids is 1. The topological polar surface area (TPSA) is 78.4 Å². The van der Waals surface area contributed by atoms with E-state index in [4.69, 9.17) is 5.11 Å². The normalized spacial score (nSPS) is 12.6. The molecule has 0 aliphatic carbocycles. The molecule has 0 aliphatic rings. The summed E-state index contributed by atoms with van der Waals surface area (Å²) in [6, 6.07) is 9.25. The summed E-state index contributed by atoms with van der Waals surface area (Å²) in [6.45, 7) is 5.52. The predicted octanol–water partition coefficient (Wildman–Crippen LogP) is 2.69. The van der Waals surface area contributed by atoms with Crippen LogP contribution in [0.25, 0.3) is 0 Å². The number of rotatable bonds is 6. The summed E-state index contributed by atoms with van der Waals surface area (Å²) >= 11 is 0. The zero-order chi connectivity index (χ0) is 15.2. The lowest BCUT2D eigenvalue weighted by molar-refractivity contribution is -0.137. The van der Waals surface area contributed by atoms with Gasteiger partial charge in [0.2, 0.25) is 0 Å². The van der Waals surface area contributed by atoms with Gasteiger partial charge in [0.05, 0.1) is 6.04 Å². The fraction of sp³-hybridized carbons (Fsp3) is 0.467. The molecule has 0 spiro atoms. The summed E-state index contributed by atoms with van der Waals surface area (Å²) in [7, 11) is 0. The molecule has 0 fully saturated rings. The predicted molar refractivity (Wildman–Crippen MR) is 77.5 cm³/mol. The van der Waals surface area contributed by atoms with E-state index in [0.717, 1.165) is 5.56 Å². The highest BCUT2D eigenvalue weighted by Crippen LogP contribution is 2.13. The van der Waals surface area contributed by atoms with E-state index >= 15 is 0 Å². The Balaban J connectivity index is 2.48. The van der Waals surface area contributed by atoms with Gasteiger partial charge in [-0.2, -0.15) is 0 Å². The first-order chi connectivity index (χ1) is 9.30. The number of carbonyl (C=O) groups excluding carboxylic acids is 1. The number of amides is 2. The van der Waals surface area contributed by atoms with Crippen molar-refractivity contribution in [1.82, 2.24) is 10.6 Å². The van der Waals surface area contributed by atoms with Crippen LogP contribution in [0.1, 0.15) is 45.2 Å². The second kappa shape index (κ2) is 6.93. The highest BCUT2D eigenvalue weighted by atomic mass is 16.4. The van der Waals surface area contributed by atoms with Crippen LogP contribution < -0.4 is 10.6 Å². The van der Waals surface area contributed by atoms with Crippen molar-refractivity contribution >= 4 is 12.0 Å². The van der Waals surface area contributed by atoms with E-state index in [-0.39, 0.29) is 18.5 Å². The molecule has 0 saturated carbocycles. The number of benzene rings is 1. The lowest BCUT2D eigenvalue weighted by Crippen LogP contribution is -2.49. The molecule has 20 heavy (non-hydrogen) atoms. The number of hydrogen-bond acceptors (Lipinski definition) is 2. The highest BCUT2D eigenvalue weighted by molar-refractivity contribution is 5.75. The number of carboxylic acids is 1. The third-order valence-corrected chi connectivity index (χ3v) is 3.06. The van der Waals surface area contributed by atoms with Gasteiger partial charge < -0.3 is 15.7 Å². The second-order valence-corrected chi connectivity index (χ2v) is 5.51. The third kappa shape index (κ3) is 5.73. The van der Waals surface area contributed by atoms with Crippen molar-refractivity contribution in [3.8, 4) is 0 Å². The molecule has 0 bridgehead atoms. The van der Waals surface area contributed by atoms with Crippen molar-refractivity contribution < 1.29 is 14.7 Å². The fourth-order valence-electron chi connectivity index (χ4n) is 1.85. The van der Waals surface area contributed by atoms with Crippen LogP contribution >= 0.6 is 0 Å². The molecule has 5 nitrogen and oxygen atoms in total. The van der Waals surface area contributed by atoms with Gasteiger partial charge in [0, 0.05) is 12.0 Å². The number of hydrogen-bond donors (Lipinski definition) is 3. The number of carboxylic acid groups (broad SMARTS) is 1. The van der Waals surface area contributed by atoms with Crippen molar-refractivity contribution in [3.63, 3.8) is 0 Å². The molecule has 0 aromatic heterocycles. The van der Waals surface area contributed by atoms with Gasteiger partial charge >= 0.3 is 12.0 Å². The minimum absolute atomic E-state index is 0.0293. The van der Waals surface area contributed by atoms with Gasteiger partial charge in [0.1, 0.15) is 0 Å². The molecule has 0 aliphatic heterocycles. The van der Waals surface area contributed by atoms with Crippen LogP contribution in [0.4, 0.5) is 4.79 Å². The van der Waals surface area contributed by atoms with Gasteiger partial charge in [0.15, 0.2) is 0 Å². The van der Waals surface area contributed by atoms with E-state index in [2.05, 4.69) is 10.6 Å². The van der Waals surface area contributed by atoms with E-state index in [1.54, 1.807) is 0 Å². The molecule has 1 atom stereocenters. The van der Waals surface area contributed by atoms with Crippen LogP contribution in [0.15, 0.2) is 30.3 Å². The van der Waals surface area contributed by atoms with Crippen LogP contribution in [0.5, 0.6) is 0 Å². The Morgan fingerprint density at radius 1 is 1.25 bits per heavy atom. The first-order valence-electron chi connectivity index (χ1n) is 6.65. The van der Waals surface area contributed by atoms with E-state index < -0.39 is 11.5 Å². The summed E-state index contributed by atoms with van der Waals surface area (Å²) < 4.78 is 0. The number of nitrogens with one attached hydrogen (secondary N) is 2. The van der Waals surface area contributed by atoms with Crippen molar-refractivity contribution in [3.05, 3.63) is 35.9 Å². The number of carbonyl (C=O) groups is 2. The molecule has 3 N–H and O–H groups in total. The first kappa shape index (κ1) is 16.0. The molecule has 0 saturated heterocycles. The van der Waals surface area contributed by atoms with E-state index in [0.29, 0.717) is 6.42 Å². The Morgan fingerprint density at radius 3 is 2.40 bits per heavy atom. The molecule has 1 rings (SSSR count). The molecule has 2 amide bonds. The minimum atomic E-state index is -0.863. The smallest absolute Gasteiger partial charge is 0.315 e. The van der Waals surface area contributed by atoms with Crippen LogP contribution in [-0.2, 0) is 4.79 Å².